The summed E-state index contributed by atoms with van der Waals surface area (Å²) in [6.07, 6.45) is 0. The van der Waals surface area contributed by atoms with E-state index in [4.69, 9.17) is 4.74 Å². The molecule has 4 nitrogen and oxygen atoms in total. The zero-order chi connectivity index (χ0) is 13.2. The first-order chi connectivity index (χ1) is 8.76. The van der Waals surface area contributed by atoms with Gasteiger partial charge in [-0.2, -0.15) is 0 Å². The molecule has 0 heterocycles. The van der Waals surface area contributed by atoms with E-state index in [2.05, 4.69) is 15.6 Å². The van der Waals surface area contributed by atoms with Crippen LogP contribution in [0.1, 0.15) is 12.5 Å². The highest BCUT2D eigenvalue weighted by Crippen LogP contribution is 2.03. The molecule has 0 spiro atoms. The molecule has 0 unspecified atom stereocenters. The SMILES string of the molecule is CCNC(=NCc1ccc(F)cc1)NCCOC. The van der Waals surface area contributed by atoms with E-state index in [1.165, 1.54) is 12.1 Å². The number of hydrogen-bond donors (Lipinski definition) is 2. The highest BCUT2D eigenvalue weighted by atomic mass is 19.1. The van der Waals surface area contributed by atoms with Crippen LogP contribution in [-0.4, -0.2) is 32.8 Å². The molecule has 18 heavy (non-hydrogen) atoms. The minimum absolute atomic E-state index is 0.229. The molecule has 0 aliphatic carbocycles. The molecule has 0 fully saturated rings. The lowest BCUT2D eigenvalue weighted by molar-refractivity contribution is 0.203. The molecule has 0 saturated heterocycles. The summed E-state index contributed by atoms with van der Waals surface area (Å²) in [5, 5.41) is 6.28. The minimum Gasteiger partial charge on any atom is -0.383 e. The molecule has 1 rings (SSSR count). The van der Waals surface area contributed by atoms with Crippen LogP contribution in [0.5, 0.6) is 0 Å². The highest BCUT2D eigenvalue weighted by molar-refractivity contribution is 5.79. The summed E-state index contributed by atoms with van der Waals surface area (Å²) in [5.74, 6) is 0.506. The molecule has 5 heteroatoms. The lowest BCUT2D eigenvalue weighted by atomic mass is 10.2. The van der Waals surface area contributed by atoms with E-state index in [1.54, 1.807) is 19.2 Å². The number of nitrogens with zero attached hydrogens (tertiary/aromatic N) is 1. The first-order valence-corrected chi connectivity index (χ1v) is 6.01. The van der Waals surface area contributed by atoms with E-state index < -0.39 is 0 Å². The summed E-state index contributed by atoms with van der Waals surface area (Å²) >= 11 is 0. The maximum Gasteiger partial charge on any atom is 0.191 e. The van der Waals surface area contributed by atoms with Crippen LogP contribution in [0.25, 0.3) is 0 Å². The summed E-state index contributed by atoms with van der Waals surface area (Å²) in [4.78, 5) is 4.40. The number of hydrogen-bond acceptors (Lipinski definition) is 2. The van der Waals surface area contributed by atoms with E-state index in [0.717, 1.165) is 18.1 Å². The van der Waals surface area contributed by atoms with Gasteiger partial charge in [-0.25, -0.2) is 9.38 Å². The molecule has 1 aromatic carbocycles. The van der Waals surface area contributed by atoms with Crippen molar-refractivity contribution in [2.24, 2.45) is 4.99 Å². The van der Waals surface area contributed by atoms with Crippen molar-refractivity contribution in [3.05, 3.63) is 35.6 Å². The van der Waals surface area contributed by atoms with Gasteiger partial charge in [0.25, 0.3) is 0 Å². The van der Waals surface area contributed by atoms with E-state index in [-0.39, 0.29) is 5.82 Å². The second kappa shape index (κ2) is 8.47. The fourth-order valence-electron chi connectivity index (χ4n) is 1.37. The van der Waals surface area contributed by atoms with Gasteiger partial charge in [0.15, 0.2) is 5.96 Å². The van der Waals surface area contributed by atoms with Gasteiger partial charge in [-0.1, -0.05) is 12.1 Å². The van der Waals surface area contributed by atoms with Crippen LogP contribution in [0, 0.1) is 5.82 Å². The number of nitrogens with one attached hydrogen (secondary N) is 2. The van der Waals surface area contributed by atoms with Gasteiger partial charge in [0.1, 0.15) is 5.82 Å². The number of halogens is 1. The number of rotatable bonds is 6. The Balaban J connectivity index is 2.50. The number of ether oxygens (including phenoxy) is 1. The van der Waals surface area contributed by atoms with E-state index in [1.807, 2.05) is 6.92 Å². The molecule has 1 aromatic rings. The molecule has 0 amide bonds. The Bertz CT molecular complexity index is 365. The molecular weight excluding hydrogens is 233 g/mol. The first kappa shape index (κ1) is 14.4. The topological polar surface area (TPSA) is 45.7 Å². The van der Waals surface area contributed by atoms with Crippen molar-refractivity contribution in [3.63, 3.8) is 0 Å². The molecule has 0 aliphatic heterocycles. The Morgan fingerprint density at radius 3 is 2.61 bits per heavy atom. The molecule has 100 valence electrons. The molecule has 2 N–H and O–H groups in total. The molecule has 0 radical (unpaired) electrons. The van der Waals surface area contributed by atoms with Crippen LogP contribution in [0.2, 0.25) is 0 Å². The van der Waals surface area contributed by atoms with Crippen molar-refractivity contribution >= 4 is 5.96 Å². The van der Waals surface area contributed by atoms with Crippen LogP contribution in [0.15, 0.2) is 29.3 Å². The Morgan fingerprint density at radius 2 is 2.00 bits per heavy atom. The van der Waals surface area contributed by atoms with Gasteiger partial charge in [-0.15, -0.1) is 0 Å². The molecule has 0 aromatic heterocycles. The highest BCUT2D eigenvalue weighted by Gasteiger charge is 1.97. The molecule has 0 aliphatic rings. The number of guanidine groups is 1. The van der Waals surface area contributed by atoms with Crippen molar-refractivity contribution in [1.29, 1.82) is 0 Å². The van der Waals surface area contributed by atoms with Crippen LogP contribution in [0.3, 0.4) is 0 Å². The van der Waals surface area contributed by atoms with Crippen molar-refractivity contribution in [3.8, 4) is 0 Å². The fraction of sp³-hybridized carbons (Fsp3) is 0.462. The minimum atomic E-state index is -0.229. The lowest BCUT2D eigenvalue weighted by Gasteiger charge is -2.10. The van der Waals surface area contributed by atoms with Gasteiger partial charge in [-0.3, -0.25) is 0 Å². The molecule has 0 bridgehead atoms. The second-order valence-corrected chi connectivity index (χ2v) is 3.74. The monoisotopic (exact) mass is 253 g/mol. The van der Waals surface area contributed by atoms with Crippen molar-refractivity contribution in [1.82, 2.24) is 10.6 Å². The van der Waals surface area contributed by atoms with Crippen molar-refractivity contribution < 1.29 is 9.13 Å². The van der Waals surface area contributed by atoms with E-state index in [0.29, 0.717) is 19.7 Å². The van der Waals surface area contributed by atoms with E-state index in [9.17, 15) is 4.39 Å². The van der Waals surface area contributed by atoms with Crippen molar-refractivity contribution in [2.75, 3.05) is 26.8 Å². The standard InChI is InChI=1S/C13H20FN3O/c1-3-15-13(16-8-9-18-2)17-10-11-4-6-12(14)7-5-11/h4-7H,3,8-10H2,1-2H3,(H2,15,16,17). The maximum atomic E-state index is 12.7. The first-order valence-electron chi connectivity index (χ1n) is 6.01. The Kier molecular flexibility index (Phi) is 6.79. The van der Waals surface area contributed by atoms with Crippen LogP contribution >= 0.6 is 0 Å². The summed E-state index contributed by atoms with van der Waals surface area (Å²) in [7, 11) is 1.66. The third kappa shape index (κ3) is 5.63. The summed E-state index contributed by atoms with van der Waals surface area (Å²) in [6, 6.07) is 6.35. The van der Waals surface area contributed by atoms with Crippen molar-refractivity contribution in [2.45, 2.75) is 13.5 Å². The fourth-order valence-corrected chi connectivity index (χ4v) is 1.37. The van der Waals surface area contributed by atoms with Crippen LogP contribution in [0.4, 0.5) is 4.39 Å². The summed E-state index contributed by atoms with van der Waals surface area (Å²) in [5.41, 5.74) is 0.973. The number of methoxy groups -OCH3 is 1. The normalized spacial score (nSPS) is 11.4. The third-order valence-electron chi connectivity index (χ3n) is 2.28. The number of benzene rings is 1. The predicted molar refractivity (Wildman–Crippen MR) is 71.1 cm³/mol. The Hall–Kier alpha value is -1.62. The largest absolute Gasteiger partial charge is 0.383 e. The van der Waals surface area contributed by atoms with Crippen LogP contribution < -0.4 is 10.6 Å². The average Bonchev–Trinajstić information content (AvgIpc) is 2.38. The average molecular weight is 253 g/mol. The van der Waals surface area contributed by atoms with E-state index >= 15 is 0 Å². The predicted octanol–water partition coefficient (Wildman–Crippen LogP) is 1.53. The van der Waals surface area contributed by atoms with Gasteiger partial charge in [0, 0.05) is 20.2 Å². The number of aliphatic imine (C=N–C) groups is 1. The molecule has 0 atom stereocenters. The Labute approximate surface area is 107 Å². The zero-order valence-electron chi connectivity index (χ0n) is 10.9. The zero-order valence-corrected chi connectivity index (χ0v) is 10.9. The maximum absolute atomic E-state index is 12.7. The molecular formula is C13H20FN3O. The second-order valence-electron chi connectivity index (χ2n) is 3.74. The van der Waals surface area contributed by atoms with Gasteiger partial charge < -0.3 is 15.4 Å². The smallest absolute Gasteiger partial charge is 0.191 e. The quantitative estimate of drug-likeness (QED) is 0.459. The van der Waals surface area contributed by atoms with Gasteiger partial charge in [0.2, 0.25) is 0 Å². The summed E-state index contributed by atoms with van der Waals surface area (Å²) in [6.45, 7) is 4.64. The van der Waals surface area contributed by atoms with Crippen LogP contribution in [-0.2, 0) is 11.3 Å². The summed E-state index contributed by atoms with van der Waals surface area (Å²) < 4.78 is 17.7. The molecule has 0 saturated carbocycles. The lowest BCUT2D eigenvalue weighted by Crippen LogP contribution is -2.38. The third-order valence-corrected chi connectivity index (χ3v) is 2.28. The van der Waals surface area contributed by atoms with Gasteiger partial charge in [-0.05, 0) is 24.6 Å². The van der Waals surface area contributed by atoms with Gasteiger partial charge >= 0.3 is 0 Å². The Morgan fingerprint density at radius 1 is 1.28 bits per heavy atom. The van der Waals surface area contributed by atoms with Gasteiger partial charge in [0.05, 0.1) is 13.2 Å².